The van der Waals surface area contributed by atoms with E-state index in [1.165, 1.54) is 0 Å². The molecule has 0 aliphatic carbocycles. The topological polar surface area (TPSA) is 41.0 Å². The number of nitrogens with one attached hydrogen (secondary N) is 1. The van der Waals surface area contributed by atoms with Gasteiger partial charge in [0.25, 0.3) is 0 Å². The minimum atomic E-state index is -0.00148. The SMILES string of the molecule is CN1CCC(n2c(=O)[nH]c3cc(Br)ccc32)C1. The summed E-state index contributed by atoms with van der Waals surface area (Å²) in [6, 6.07) is 6.22. The number of likely N-dealkylation sites (N-methyl/N-ethyl adjacent to an activating group) is 1. The third-order valence-corrected chi connectivity index (χ3v) is 3.90. The zero-order valence-electron chi connectivity index (χ0n) is 9.61. The summed E-state index contributed by atoms with van der Waals surface area (Å²) in [5, 5.41) is 0. The van der Waals surface area contributed by atoms with Crippen LogP contribution in [0.5, 0.6) is 0 Å². The molecule has 1 aromatic heterocycles. The number of benzene rings is 1. The normalized spacial score (nSPS) is 21.4. The molecule has 2 heterocycles. The molecule has 0 saturated carbocycles. The third-order valence-electron chi connectivity index (χ3n) is 3.41. The summed E-state index contributed by atoms with van der Waals surface area (Å²) in [6.07, 6.45) is 1.04. The number of hydrogen-bond donors (Lipinski definition) is 1. The van der Waals surface area contributed by atoms with Crippen molar-refractivity contribution >= 4 is 27.0 Å². The smallest absolute Gasteiger partial charge is 0.305 e. The fraction of sp³-hybridized carbons (Fsp3) is 0.417. The van der Waals surface area contributed by atoms with E-state index >= 15 is 0 Å². The number of aromatic amines is 1. The monoisotopic (exact) mass is 295 g/mol. The summed E-state index contributed by atoms with van der Waals surface area (Å²) in [7, 11) is 2.09. The molecule has 0 bridgehead atoms. The molecule has 2 aromatic rings. The Hall–Kier alpha value is -1.07. The third kappa shape index (κ3) is 1.83. The Balaban J connectivity index is 2.15. The van der Waals surface area contributed by atoms with Crippen molar-refractivity contribution in [3.05, 3.63) is 33.2 Å². The van der Waals surface area contributed by atoms with Crippen molar-refractivity contribution < 1.29 is 0 Å². The van der Waals surface area contributed by atoms with Gasteiger partial charge >= 0.3 is 5.69 Å². The zero-order valence-corrected chi connectivity index (χ0v) is 11.2. The predicted octanol–water partition coefficient (Wildman–Crippen LogP) is 1.97. The minimum absolute atomic E-state index is 0.00148. The summed E-state index contributed by atoms with van der Waals surface area (Å²) in [4.78, 5) is 17.2. The van der Waals surface area contributed by atoms with Gasteiger partial charge in [0.05, 0.1) is 17.1 Å². The molecule has 3 rings (SSSR count). The highest BCUT2D eigenvalue weighted by Gasteiger charge is 2.24. The maximum atomic E-state index is 12.0. The molecule has 17 heavy (non-hydrogen) atoms. The molecular weight excluding hydrogens is 282 g/mol. The van der Waals surface area contributed by atoms with Crippen molar-refractivity contribution in [1.29, 1.82) is 0 Å². The first kappa shape index (κ1) is 11.0. The Morgan fingerprint density at radius 3 is 3.00 bits per heavy atom. The number of aromatic nitrogens is 2. The van der Waals surface area contributed by atoms with E-state index in [1.54, 1.807) is 0 Å². The molecule has 0 spiro atoms. The van der Waals surface area contributed by atoms with Crippen LogP contribution >= 0.6 is 15.9 Å². The van der Waals surface area contributed by atoms with Crippen molar-refractivity contribution in [3.63, 3.8) is 0 Å². The van der Waals surface area contributed by atoms with Crippen LogP contribution in [0.4, 0.5) is 0 Å². The average Bonchev–Trinajstić information content (AvgIpc) is 2.80. The second-order valence-corrected chi connectivity index (χ2v) is 5.58. The summed E-state index contributed by atoms with van der Waals surface area (Å²) in [6.45, 7) is 2.00. The summed E-state index contributed by atoms with van der Waals surface area (Å²) in [5.41, 5.74) is 1.90. The van der Waals surface area contributed by atoms with E-state index in [-0.39, 0.29) is 5.69 Å². The maximum absolute atomic E-state index is 12.0. The molecule has 4 nitrogen and oxygen atoms in total. The highest BCUT2D eigenvalue weighted by Crippen LogP contribution is 2.24. The Kier molecular flexibility index (Phi) is 2.60. The second kappa shape index (κ2) is 3.99. The van der Waals surface area contributed by atoms with Crippen LogP contribution in [0.15, 0.2) is 27.5 Å². The van der Waals surface area contributed by atoms with Gasteiger partial charge in [-0.3, -0.25) is 4.57 Å². The molecule has 0 amide bonds. The number of rotatable bonds is 1. The molecule has 1 unspecified atom stereocenters. The number of halogens is 1. The molecule has 1 N–H and O–H groups in total. The van der Waals surface area contributed by atoms with E-state index in [4.69, 9.17) is 0 Å². The quantitative estimate of drug-likeness (QED) is 0.874. The van der Waals surface area contributed by atoms with Crippen molar-refractivity contribution in [2.75, 3.05) is 20.1 Å². The van der Waals surface area contributed by atoms with E-state index < -0.39 is 0 Å². The number of likely N-dealkylation sites (tertiary alicyclic amines) is 1. The minimum Gasteiger partial charge on any atom is -0.305 e. The van der Waals surface area contributed by atoms with Gasteiger partial charge in [-0.2, -0.15) is 0 Å². The number of H-pyrrole nitrogens is 1. The predicted molar refractivity (Wildman–Crippen MR) is 71.4 cm³/mol. The molecule has 5 heteroatoms. The maximum Gasteiger partial charge on any atom is 0.326 e. The molecule has 1 atom stereocenters. The lowest BCUT2D eigenvalue weighted by atomic mass is 10.2. The van der Waals surface area contributed by atoms with E-state index in [0.717, 1.165) is 35.0 Å². The lowest BCUT2D eigenvalue weighted by Crippen LogP contribution is -2.24. The van der Waals surface area contributed by atoms with Gasteiger partial charge in [-0.1, -0.05) is 15.9 Å². The van der Waals surface area contributed by atoms with Crippen molar-refractivity contribution in [2.45, 2.75) is 12.5 Å². The van der Waals surface area contributed by atoms with Gasteiger partial charge in [-0.05, 0) is 38.2 Å². The van der Waals surface area contributed by atoms with Crippen LogP contribution in [0.1, 0.15) is 12.5 Å². The van der Waals surface area contributed by atoms with Crippen LogP contribution in [0.25, 0.3) is 11.0 Å². The van der Waals surface area contributed by atoms with Crippen molar-refractivity contribution in [3.8, 4) is 0 Å². The Morgan fingerprint density at radius 2 is 2.29 bits per heavy atom. The fourth-order valence-corrected chi connectivity index (χ4v) is 2.95. The molecule has 1 aromatic carbocycles. The second-order valence-electron chi connectivity index (χ2n) is 4.67. The Morgan fingerprint density at radius 1 is 1.47 bits per heavy atom. The Labute approximate surface area is 107 Å². The van der Waals surface area contributed by atoms with Crippen LogP contribution in [0.3, 0.4) is 0 Å². The van der Waals surface area contributed by atoms with Gasteiger partial charge < -0.3 is 9.88 Å². The van der Waals surface area contributed by atoms with Crippen LogP contribution in [0, 0.1) is 0 Å². The van der Waals surface area contributed by atoms with Crippen molar-refractivity contribution in [2.24, 2.45) is 0 Å². The van der Waals surface area contributed by atoms with Crippen LogP contribution < -0.4 is 5.69 Å². The van der Waals surface area contributed by atoms with Crippen molar-refractivity contribution in [1.82, 2.24) is 14.5 Å². The van der Waals surface area contributed by atoms with Crippen LogP contribution in [0.2, 0.25) is 0 Å². The molecule has 90 valence electrons. The Bertz CT molecular complexity index is 616. The summed E-state index contributed by atoms with van der Waals surface area (Å²) in [5.74, 6) is 0. The number of hydrogen-bond acceptors (Lipinski definition) is 2. The first-order valence-corrected chi connectivity index (χ1v) is 6.53. The highest BCUT2D eigenvalue weighted by atomic mass is 79.9. The van der Waals surface area contributed by atoms with Gasteiger partial charge in [-0.25, -0.2) is 4.79 Å². The zero-order chi connectivity index (χ0) is 12.0. The van der Waals surface area contributed by atoms with E-state index in [2.05, 4.69) is 32.9 Å². The molecule has 0 radical (unpaired) electrons. The lowest BCUT2D eigenvalue weighted by molar-refractivity contribution is 0.392. The average molecular weight is 296 g/mol. The van der Waals surface area contributed by atoms with Crippen LogP contribution in [-0.2, 0) is 0 Å². The molecule has 1 saturated heterocycles. The number of nitrogens with zero attached hydrogens (tertiary/aromatic N) is 2. The first-order chi connectivity index (χ1) is 8.15. The lowest BCUT2D eigenvalue weighted by Gasteiger charge is -2.12. The van der Waals surface area contributed by atoms with Gasteiger partial charge in [-0.15, -0.1) is 0 Å². The summed E-state index contributed by atoms with van der Waals surface area (Å²) >= 11 is 3.42. The molecular formula is C12H14BrN3O. The molecule has 1 aliphatic rings. The highest BCUT2D eigenvalue weighted by molar-refractivity contribution is 9.10. The fourth-order valence-electron chi connectivity index (χ4n) is 2.59. The number of imidazole rings is 1. The van der Waals surface area contributed by atoms with Gasteiger partial charge in [0, 0.05) is 11.0 Å². The number of fused-ring (bicyclic) bond motifs is 1. The van der Waals surface area contributed by atoms with Gasteiger partial charge in [0.15, 0.2) is 0 Å². The molecule has 1 aliphatic heterocycles. The summed E-state index contributed by atoms with van der Waals surface area (Å²) < 4.78 is 2.88. The first-order valence-electron chi connectivity index (χ1n) is 5.73. The van der Waals surface area contributed by atoms with E-state index in [9.17, 15) is 4.79 Å². The van der Waals surface area contributed by atoms with Crippen LogP contribution in [-0.4, -0.2) is 34.6 Å². The largest absolute Gasteiger partial charge is 0.326 e. The standard InChI is InChI=1S/C12H14BrN3O/c1-15-5-4-9(7-15)16-11-3-2-8(13)6-10(11)14-12(16)17/h2-3,6,9H,4-5,7H2,1H3,(H,14,17). The van der Waals surface area contributed by atoms with E-state index in [0.29, 0.717) is 6.04 Å². The van der Waals surface area contributed by atoms with Gasteiger partial charge in [0.2, 0.25) is 0 Å². The molecule has 1 fully saturated rings. The van der Waals surface area contributed by atoms with Gasteiger partial charge in [0.1, 0.15) is 0 Å². The van der Waals surface area contributed by atoms with E-state index in [1.807, 2.05) is 22.8 Å².